The fourth-order valence-electron chi connectivity index (χ4n) is 1.15. The number of benzene rings is 1. The van der Waals surface area contributed by atoms with E-state index in [9.17, 15) is 0 Å². The number of nitrogens with two attached hydrogens (primary N) is 1. The molecular formula is C10H13N3. The first-order chi connectivity index (χ1) is 6.31. The predicted octanol–water partition coefficient (Wildman–Crippen LogP) is 1.28. The lowest BCUT2D eigenvalue weighted by atomic mass is 10.1. The lowest BCUT2D eigenvalue weighted by molar-refractivity contribution is 0.666. The SMILES string of the molecule is CCc1ccc(C(C#N)NN)cc1. The molecule has 1 unspecified atom stereocenters. The quantitative estimate of drug-likeness (QED) is 0.537. The highest BCUT2D eigenvalue weighted by Gasteiger charge is 2.06. The van der Waals surface area contributed by atoms with Crippen molar-refractivity contribution in [3.8, 4) is 6.07 Å². The molecule has 1 aromatic carbocycles. The van der Waals surface area contributed by atoms with Crippen LogP contribution < -0.4 is 11.3 Å². The molecule has 0 aliphatic heterocycles. The molecule has 0 radical (unpaired) electrons. The van der Waals surface area contributed by atoms with Crippen LogP contribution in [0.1, 0.15) is 24.1 Å². The molecule has 3 heteroatoms. The molecule has 13 heavy (non-hydrogen) atoms. The largest absolute Gasteiger partial charge is 0.270 e. The molecule has 1 aromatic rings. The van der Waals surface area contributed by atoms with Crippen molar-refractivity contribution in [3.05, 3.63) is 35.4 Å². The second-order valence-corrected chi connectivity index (χ2v) is 2.82. The molecular weight excluding hydrogens is 162 g/mol. The minimum Gasteiger partial charge on any atom is -0.270 e. The van der Waals surface area contributed by atoms with Gasteiger partial charge in [0.05, 0.1) is 6.07 Å². The van der Waals surface area contributed by atoms with Gasteiger partial charge in [-0.3, -0.25) is 5.84 Å². The summed E-state index contributed by atoms with van der Waals surface area (Å²) >= 11 is 0. The molecule has 0 spiro atoms. The first-order valence-electron chi connectivity index (χ1n) is 4.26. The van der Waals surface area contributed by atoms with E-state index in [1.807, 2.05) is 24.3 Å². The Labute approximate surface area is 78.1 Å². The summed E-state index contributed by atoms with van der Waals surface area (Å²) in [4.78, 5) is 0. The molecule has 0 heterocycles. The van der Waals surface area contributed by atoms with E-state index in [1.165, 1.54) is 5.56 Å². The summed E-state index contributed by atoms with van der Waals surface area (Å²) in [5.41, 5.74) is 4.61. The molecule has 68 valence electrons. The molecule has 0 saturated heterocycles. The van der Waals surface area contributed by atoms with Crippen LogP contribution in [0.4, 0.5) is 0 Å². The Morgan fingerprint density at radius 3 is 2.46 bits per heavy atom. The number of hydrogen-bond acceptors (Lipinski definition) is 3. The van der Waals surface area contributed by atoms with Gasteiger partial charge in [-0.15, -0.1) is 0 Å². The van der Waals surface area contributed by atoms with Crippen LogP contribution in [0.15, 0.2) is 24.3 Å². The lowest BCUT2D eigenvalue weighted by Crippen LogP contribution is -2.26. The third kappa shape index (κ3) is 2.28. The van der Waals surface area contributed by atoms with Crippen LogP contribution in [0.3, 0.4) is 0 Å². The fourth-order valence-corrected chi connectivity index (χ4v) is 1.15. The summed E-state index contributed by atoms with van der Waals surface area (Å²) < 4.78 is 0. The van der Waals surface area contributed by atoms with E-state index in [2.05, 4.69) is 18.4 Å². The topological polar surface area (TPSA) is 61.8 Å². The first kappa shape index (κ1) is 9.72. The van der Waals surface area contributed by atoms with Crippen LogP contribution >= 0.6 is 0 Å². The Balaban J connectivity index is 2.86. The number of nitriles is 1. The Kier molecular flexibility index (Phi) is 3.44. The normalized spacial score (nSPS) is 12.1. The van der Waals surface area contributed by atoms with E-state index >= 15 is 0 Å². The van der Waals surface area contributed by atoms with E-state index < -0.39 is 6.04 Å². The zero-order chi connectivity index (χ0) is 9.68. The van der Waals surface area contributed by atoms with Crippen molar-refractivity contribution in [2.24, 2.45) is 5.84 Å². The second kappa shape index (κ2) is 4.61. The third-order valence-corrected chi connectivity index (χ3v) is 2.02. The summed E-state index contributed by atoms with van der Waals surface area (Å²) in [6.45, 7) is 2.10. The molecule has 0 bridgehead atoms. The Bertz CT molecular complexity index is 297. The summed E-state index contributed by atoms with van der Waals surface area (Å²) in [5.74, 6) is 5.21. The molecule has 1 rings (SSSR count). The van der Waals surface area contributed by atoms with Crippen LogP contribution in [0.5, 0.6) is 0 Å². The fraction of sp³-hybridized carbons (Fsp3) is 0.300. The van der Waals surface area contributed by atoms with Crippen molar-refractivity contribution >= 4 is 0 Å². The maximum atomic E-state index is 8.71. The third-order valence-electron chi connectivity index (χ3n) is 2.02. The molecule has 0 amide bonds. The Morgan fingerprint density at radius 1 is 1.46 bits per heavy atom. The zero-order valence-electron chi connectivity index (χ0n) is 7.62. The minimum absolute atomic E-state index is 0.411. The van der Waals surface area contributed by atoms with Crippen molar-refractivity contribution < 1.29 is 0 Å². The van der Waals surface area contributed by atoms with Crippen LogP contribution in [-0.2, 0) is 6.42 Å². The average Bonchev–Trinajstić information content (AvgIpc) is 2.21. The van der Waals surface area contributed by atoms with E-state index in [0.717, 1.165) is 12.0 Å². The van der Waals surface area contributed by atoms with Gasteiger partial charge in [0.25, 0.3) is 0 Å². The van der Waals surface area contributed by atoms with Crippen molar-refractivity contribution in [2.75, 3.05) is 0 Å². The molecule has 3 N–H and O–H groups in total. The highest BCUT2D eigenvalue weighted by molar-refractivity contribution is 5.27. The summed E-state index contributed by atoms with van der Waals surface area (Å²) in [6, 6.07) is 9.53. The van der Waals surface area contributed by atoms with Gasteiger partial charge in [-0.05, 0) is 17.5 Å². The van der Waals surface area contributed by atoms with Crippen LogP contribution in [0.25, 0.3) is 0 Å². The van der Waals surface area contributed by atoms with Gasteiger partial charge >= 0.3 is 0 Å². The summed E-state index contributed by atoms with van der Waals surface area (Å²) in [6.07, 6.45) is 1.01. The first-order valence-corrected chi connectivity index (χ1v) is 4.26. The van der Waals surface area contributed by atoms with Gasteiger partial charge < -0.3 is 0 Å². The van der Waals surface area contributed by atoms with Crippen LogP contribution in [-0.4, -0.2) is 0 Å². The number of nitrogens with zero attached hydrogens (tertiary/aromatic N) is 1. The number of rotatable bonds is 3. The molecule has 0 aliphatic carbocycles. The standard InChI is InChI=1S/C10H13N3/c1-2-8-3-5-9(6-4-8)10(7-11)13-12/h3-6,10,13H,2,12H2,1H3. The number of hydrogen-bond donors (Lipinski definition) is 2. The van der Waals surface area contributed by atoms with Crippen molar-refractivity contribution in [3.63, 3.8) is 0 Å². The summed E-state index contributed by atoms with van der Waals surface area (Å²) in [5, 5.41) is 8.71. The number of nitrogens with one attached hydrogen (secondary N) is 1. The molecule has 0 aromatic heterocycles. The Morgan fingerprint density at radius 2 is 2.08 bits per heavy atom. The maximum Gasteiger partial charge on any atom is 0.133 e. The second-order valence-electron chi connectivity index (χ2n) is 2.82. The molecule has 1 atom stereocenters. The van der Waals surface area contributed by atoms with Gasteiger partial charge in [0.1, 0.15) is 6.04 Å². The van der Waals surface area contributed by atoms with Gasteiger partial charge in [-0.25, -0.2) is 5.43 Å². The maximum absolute atomic E-state index is 8.71. The van der Waals surface area contributed by atoms with Gasteiger partial charge in [0.15, 0.2) is 0 Å². The molecule has 3 nitrogen and oxygen atoms in total. The predicted molar refractivity (Wildman–Crippen MR) is 51.5 cm³/mol. The monoisotopic (exact) mass is 175 g/mol. The number of hydrazine groups is 1. The zero-order valence-corrected chi connectivity index (χ0v) is 7.62. The summed E-state index contributed by atoms with van der Waals surface area (Å²) in [7, 11) is 0. The van der Waals surface area contributed by atoms with Gasteiger partial charge in [-0.2, -0.15) is 5.26 Å². The molecule has 0 fully saturated rings. The van der Waals surface area contributed by atoms with Crippen molar-refractivity contribution in [2.45, 2.75) is 19.4 Å². The van der Waals surface area contributed by atoms with Crippen molar-refractivity contribution in [1.82, 2.24) is 5.43 Å². The smallest absolute Gasteiger partial charge is 0.133 e. The van der Waals surface area contributed by atoms with Gasteiger partial charge in [-0.1, -0.05) is 31.2 Å². The molecule has 0 aliphatic rings. The van der Waals surface area contributed by atoms with E-state index in [-0.39, 0.29) is 0 Å². The highest BCUT2D eigenvalue weighted by Crippen LogP contribution is 2.12. The van der Waals surface area contributed by atoms with Crippen LogP contribution in [0.2, 0.25) is 0 Å². The average molecular weight is 175 g/mol. The van der Waals surface area contributed by atoms with E-state index in [0.29, 0.717) is 0 Å². The highest BCUT2D eigenvalue weighted by atomic mass is 15.2. The van der Waals surface area contributed by atoms with Gasteiger partial charge in [0, 0.05) is 0 Å². The molecule has 0 saturated carbocycles. The van der Waals surface area contributed by atoms with E-state index in [4.69, 9.17) is 11.1 Å². The van der Waals surface area contributed by atoms with Gasteiger partial charge in [0.2, 0.25) is 0 Å². The van der Waals surface area contributed by atoms with Crippen LogP contribution in [0, 0.1) is 11.3 Å². The lowest BCUT2D eigenvalue weighted by Gasteiger charge is -2.07. The van der Waals surface area contributed by atoms with Crippen molar-refractivity contribution in [1.29, 1.82) is 5.26 Å². The minimum atomic E-state index is -0.411. The Hall–Kier alpha value is -1.37. The van der Waals surface area contributed by atoms with E-state index in [1.54, 1.807) is 0 Å². The number of aryl methyl sites for hydroxylation is 1.